The molecule has 0 spiro atoms. The molecule has 4 unspecified atom stereocenters. The highest BCUT2D eigenvalue weighted by molar-refractivity contribution is 14.1. The van der Waals surface area contributed by atoms with E-state index in [1.807, 2.05) is 0 Å². The summed E-state index contributed by atoms with van der Waals surface area (Å²) in [5.41, 5.74) is 0. The number of esters is 1. The second-order valence-electron chi connectivity index (χ2n) is 3.82. The summed E-state index contributed by atoms with van der Waals surface area (Å²) in [6, 6.07) is 0. The average Bonchev–Trinajstić information content (AvgIpc) is 3.03. The number of epoxide rings is 1. The molecule has 84 valence electrons. The maximum Gasteiger partial charge on any atom is 0.319 e. The van der Waals surface area contributed by atoms with Gasteiger partial charge in [-0.3, -0.25) is 9.59 Å². The number of carbonyl (C=O) groups excluding carboxylic acids is 2. The Labute approximate surface area is 101 Å². The van der Waals surface area contributed by atoms with Gasteiger partial charge < -0.3 is 12.5 Å². The fraction of sp³-hybridized carbons (Fsp3) is 0.778. The fourth-order valence-corrected chi connectivity index (χ4v) is 2.48. The minimum atomic E-state index is -0.418. The van der Waals surface area contributed by atoms with Crippen LogP contribution in [-0.2, 0) is 22.1 Å². The smallest absolute Gasteiger partial charge is 0.319 e. The molecule has 5 nitrogen and oxygen atoms in total. The normalized spacial score (nSPS) is 37.7. The Morgan fingerprint density at radius 3 is 2.20 bits per heavy atom. The molecule has 1 saturated carbocycles. The summed E-state index contributed by atoms with van der Waals surface area (Å²) < 4.78 is 14.6. The lowest BCUT2D eigenvalue weighted by atomic mass is 9.79. The zero-order chi connectivity index (χ0) is 11.0. The second-order valence-corrected chi connectivity index (χ2v) is 4.26. The Balaban J connectivity index is 2.09. The van der Waals surface area contributed by atoms with Gasteiger partial charge in [0.2, 0.25) is 0 Å². The fourth-order valence-electron chi connectivity index (χ4n) is 2.15. The summed E-state index contributed by atoms with van der Waals surface area (Å²) in [6.07, 6.45) is 1.39. The van der Waals surface area contributed by atoms with E-state index < -0.39 is 11.8 Å². The van der Waals surface area contributed by atoms with E-state index in [4.69, 9.17) is 4.74 Å². The van der Waals surface area contributed by atoms with E-state index in [0.717, 1.165) is 0 Å². The summed E-state index contributed by atoms with van der Waals surface area (Å²) in [4.78, 5) is 22.9. The van der Waals surface area contributed by atoms with Crippen LogP contribution in [0, 0.1) is 11.8 Å². The summed E-state index contributed by atoms with van der Waals surface area (Å²) >= 11 is 1.54. The molecule has 6 heteroatoms. The maximum absolute atomic E-state index is 11.5. The molecule has 1 saturated heterocycles. The van der Waals surface area contributed by atoms with Crippen molar-refractivity contribution in [3.63, 3.8) is 0 Å². The number of rotatable bonds is 2. The van der Waals surface area contributed by atoms with Gasteiger partial charge in [0.15, 0.2) is 23.0 Å². The van der Waals surface area contributed by atoms with Crippen molar-refractivity contribution in [2.24, 2.45) is 11.8 Å². The summed E-state index contributed by atoms with van der Waals surface area (Å²) in [6.45, 7) is 0. The van der Waals surface area contributed by atoms with Crippen LogP contribution in [0.2, 0.25) is 0 Å². The first-order valence-corrected chi connectivity index (χ1v) is 5.61. The largest absolute Gasteiger partial charge is 0.469 e. The highest BCUT2D eigenvalue weighted by Gasteiger charge is 2.53. The van der Waals surface area contributed by atoms with Gasteiger partial charge in [-0.15, -0.1) is 0 Å². The van der Waals surface area contributed by atoms with Crippen molar-refractivity contribution in [3.8, 4) is 0 Å². The Morgan fingerprint density at radius 1 is 1.20 bits per heavy atom. The first kappa shape index (κ1) is 11.1. The summed E-state index contributed by atoms with van der Waals surface area (Å²) in [5, 5.41) is 0. The molecular formula is C9H11IO5. The molecule has 15 heavy (non-hydrogen) atoms. The molecule has 2 fully saturated rings. The van der Waals surface area contributed by atoms with Crippen LogP contribution in [0.25, 0.3) is 0 Å². The monoisotopic (exact) mass is 326 g/mol. The number of hydrogen-bond acceptors (Lipinski definition) is 5. The lowest BCUT2D eigenvalue weighted by molar-refractivity contribution is -0.154. The van der Waals surface area contributed by atoms with Gasteiger partial charge in [-0.05, 0) is 12.8 Å². The first-order chi connectivity index (χ1) is 7.17. The lowest BCUT2D eigenvalue weighted by Gasteiger charge is -2.24. The van der Waals surface area contributed by atoms with Crippen molar-refractivity contribution >= 4 is 34.9 Å². The second kappa shape index (κ2) is 4.25. The zero-order valence-electron chi connectivity index (χ0n) is 8.14. The predicted molar refractivity (Wildman–Crippen MR) is 57.0 cm³/mol. The SMILES string of the molecule is COC(=O)C1CC2OC2CC1C(=O)OI. The molecule has 0 aromatic rings. The minimum Gasteiger partial charge on any atom is -0.469 e. The standard InChI is InChI=1S/C9H11IO5/c1-13-8(11)4-2-6-7(14-6)3-5(4)9(12)15-10/h4-7H,2-3H2,1H3. The van der Waals surface area contributed by atoms with Crippen molar-refractivity contribution in [1.82, 2.24) is 0 Å². The average molecular weight is 326 g/mol. The Bertz CT molecular complexity index is 264. The number of methoxy groups -OCH3 is 1. The van der Waals surface area contributed by atoms with Crippen LogP contribution in [-0.4, -0.2) is 31.3 Å². The van der Waals surface area contributed by atoms with Crippen LogP contribution in [0.4, 0.5) is 0 Å². The molecule has 0 bridgehead atoms. The molecule has 2 rings (SSSR count). The highest BCUT2D eigenvalue weighted by Crippen LogP contribution is 2.43. The third-order valence-corrected chi connectivity index (χ3v) is 3.46. The van der Waals surface area contributed by atoms with Gasteiger partial charge >= 0.3 is 11.9 Å². The molecule has 1 aliphatic carbocycles. The third kappa shape index (κ3) is 2.10. The molecule has 0 amide bonds. The van der Waals surface area contributed by atoms with Gasteiger partial charge in [0.1, 0.15) is 0 Å². The highest BCUT2D eigenvalue weighted by atomic mass is 127. The molecule has 2 aliphatic rings. The van der Waals surface area contributed by atoms with E-state index in [9.17, 15) is 9.59 Å². The van der Waals surface area contributed by atoms with E-state index in [0.29, 0.717) is 12.8 Å². The van der Waals surface area contributed by atoms with E-state index >= 15 is 0 Å². The van der Waals surface area contributed by atoms with Crippen LogP contribution in [0.15, 0.2) is 0 Å². The Kier molecular flexibility index (Phi) is 3.15. The topological polar surface area (TPSA) is 65.1 Å². The lowest BCUT2D eigenvalue weighted by Crippen LogP contribution is -2.36. The van der Waals surface area contributed by atoms with Crippen LogP contribution in [0.1, 0.15) is 12.8 Å². The van der Waals surface area contributed by atoms with E-state index in [2.05, 4.69) is 7.80 Å². The number of fused-ring (bicyclic) bond motifs is 1. The summed E-state index contributed by atoms with van der Waals surface area (Å²) in [5.74, 6) is -1.55. The van der Waals surface area contributed by atoms with Gasteiger partial charge in [0.25, 0.3) is 0 Å². The van der Waals surface area contributed by atoms with Crippen molar-refractivity contribution in [3.05, 3.63) is 0 Å². The molecule has 0 N–H and O–H groups in total. The molecule has 0 aromatic carbocycles. The zero-order valence-corrected chi connectivity index (χ0v) is 10.3. The van der Waals surface area contributed by atoms with Crippen molar-refractivity contribution in [2.45, 2.75) is 25.0 Å². The molecule has 0 aromatic heterocycles. The van der Waals surface area contributed by atoms with E-state index in [-0.39, 0.29) is 24.1 Å². The summed E-state index contributed by atoms with van der Waals surface area (Å²) in [7, 11) is 1.33. The van der Waals surface area contributed by atoms with Crippen LogP contribution >= 0.6 is 23.0 Å². The van der Waals surface area contributed by atoms with E-state index in [1.54, 1.807) is 0 Å². The van der Waals surface area contributed by atoms with Gasteiger partial charge in [-0.25, -0.2) is 0 Å². The van der Waals surface area contributed by atoms with Crippen molar-refractivity contribution < 1.29 is 22.1 Å². The van der Waals surface area contributed by atoms with Gasteiger partial charge in [-0.1, -0.05) is 0 Å². The van der Waals surface area contributed by atoms with E-state index in [1.165, 1.54) is 30.1 Å². The van der Waals surface area contributed by atoms with Crippen molar-refractivity contribution in [1.29, 1.82) is 0 Å². The quantitative estimate of drug-likeness (QED) is 0.428. The van der Waals surface area contributed by atoms with Gasteiger partial charge in [0.05, 0.1) is 31.2 Å². The number of carbonyl (C=O) groups is 2. The molecule has 1 aliphatic heterocycles. The van der Waals surface area contributed by atoms with Crippen LogP contribution < -0.4 is 0 Å². The Morgan fingerprint density at radius 2 is 1.73 bits per heavy atom. The maximum atomic E-state index is 11.5. The molecule has 4 atom stereocenters. The predicted octanol–water partition coefficient (Wildman–Crippen LogP) is 0.846. The first-order valence-electron chi connectivity index (χ1n) is 4.73. The van der Waals surface area contributed by atoms with Crippen LogP contribution in [0.5, 0.6) is 0 Å². The molecule has 0 radical (unpaired) electrons. The van der Waals surface area contributed by atoms with Gasteiger partial charge in [-0.2, -0.15) is 0 Å². The molecule has 1 heterocycles. The number of halogens is 1. The third-order valence-electron chi connectivity index (χ3n) is 3.03. The van der Waals surface area contributed by atoms with Crippen molar-refractivity contribution in [2.75, 3.05) is 7.11 Å². The number of ether oxygens (including phenoxy) is 2. The van der Waals surface area contributed by atoms with Crippen LogP contribution in [0.3, 0.4) is 0 Å². The minimum absolute atomic E-state index is 0.131. The Hall–Kier alpha value is -0.370. The molecular weight excluding hydrogens is 315 g/mol. The number of hydrogen-bond donors (Lipinski definition) is 0. The van der Waals surface area contributed by atoms with Gasteiger partial charge in [0, 0.05) is 0 Å².